The monoisotopic (exact) mass is 363 g/mol. The predicted molar refractivity (Wildman–Crippen MR) is 93.8 cm³/mol. The van der Waals surface area contributed by atoms with Crippen LogP contribution in [0.4, 0.5) is 0 Å². The third-order valence-corrected chi connectivity index (χ3v) is 5.31. The number of allylic oxidation sites excluding steroid dienone is 2. The number of nitrogens with zero attached hydrogens (tertiary/aromatic N) is 1. The van der Waals surface area contributed by atoms with E-state index < -0.39 is 17.8 Å². The van der Waals surface area contributed by atoms with Crippen LogP contribution in [0, 0.1) is 11.3 Å². The molecule has 0 saturated heterocycles. The molecule has 0 spiro atoms. The number of nitrogens with one attached hydrogen (secondary N) is 1. The lowest BCUT2D eigenvalue weighted by Crippen LogP contribution is -2.29. The maximum Gasteiger partial charge on any atom is 0.336 e. The van der Waals surface area contributed by atoms with Crippen molar-refractivity contribution in [3.05, 3.63) is 44.3 Å². The highest BCUT2D eigenvalue weighted by atomic mass is 32.2. The summed E-state index contributed by atoms with van der Waals surface area (Å²) in [7, 11) is 0. The highest BCUT2D eigenvalue weighted by molar-refractivity contribution is 8.03. The summed E-state index contributed by atoms with van der Waals surface area (Å²) in [5, 5.41) is 15.1. The molecular formula is C16H17N3O3S2. The van der Waals surface area contributed by atoms with Crippen molar-refractivity contribution in [3.63, 3.8) is 0 Å². The van der Waals surface area contributed by atoms with Crippen molar-refractivity contribution in [2.24, 2.45) is 5.73 Å². The van der Waals surface area contributed by atoms with Crippen LogP contribution in [0.25, 0.3) is 0 Å². The second kappa shape index (κ2) is 8.04. The van der Waals surface area contributed by atoms with Crippen molar-refractivity contribution in [1.82, 2.24) is 5.32 Å². The lowest BCUT2D eigenvalue weighted by atomic mass is 9.87. The van der Waals surface area contributed by atoms with Gasteiger partial charge in [0.15, 0.2) is 0 Å². The fourth-order valence-corrected chi connectivity index (χ4v) is 4.06. The summed E-state index contributed by atoms with van der Waals surface area (Å²) in [5.41, 5.74) is 6.61. The van der Waals surface area contributed by atoms with Crippen LogP contribution in [0.1, 0.15) is 24.6 Å². The number of esters is 1. The fourth-order valence-electron chi connectivity index (χ4n) is 2.39. The lowest BCUT2D eigenvalue weighted by Gasteiger charge is -2.28. The molecule has 0 unspecified atom stereocenters. The number of dihydropyridines is 1. The van der Waals surface area contributed by atoms with Crippen LogP contribution in [0.5, 0.6) is 0 Å². The number of hydrogen-bond acceptors (Lipinski definition) is 7. The Kier molecular flexibility index (Phi) is 6.06. The van der Waals surface area contributed by atoms with E-state index in [2.05, 4.69) is 11.4 Å². The van der Waals surface area contributed by atoms with Crippen LogP contribution in [0.15, 0.2) is 39.4 Å². The minimum absolute atomic E-state index is 0.0483. The first-order valence-corrected chi connectivity index (χ1v) is 9.09. The number of nitriles is 1. The number of thioether (sulfide) groups is 1. The summed E-state index contributed by atoms with van der Waals surface area (Å²) in [6.45, 7) is 3.74. The first-order chi connectivity index (χ1) is 11.5. The van der Waals surface area contributed by atoms with E-state index in [-0.39, 0.29) is 12.4 Å². The van der Waals surface area contributed by atoms with Crippen LogP contribution < -0.4 is 11.1 Å². The molecule has 2 rings (SSSR count). The van der Waals surface area contributed by atoms with Gasteiger partial charge >= 0.3 is 5.97 Å². The summed E-state index contributed by atoms with van der Waals surface area (Å²) < 4.78 is 5.16. The van der Waals surface area contributed by atoms with Crippen molar-refractivity contribution in [2.75, 3.05) is 12.4 Å². The first kappa shape index (κ1) is 18.1. The average molecular weight is 363 g/mol. The maximum absolute atomic E-state index is 12.4. The maximum atomic E-state index is 12.4. The Morgan fingerprint density at radius 2 is 2.29 bits per heavy atom. The van der Waals surface area contributed by atoms with Gasteiger partial charge in [0.25, 0.3) is 0 Å². The molecule has 1 aliphatic heterocycles. The van der Waals surface area contributed by atoms with Gasteiger partial charge in [0.05, 0.1) is 40.5 Å². The van der Waals surface area contributed by atoms with E-state index in [0.29, 0.717) is 21.9 Å². The molecular weight excluding hydrogens is 346 g/mol. The van der Waals surface area contributed by atoms with E-state index in [9.17, 15) is 14.9 Å². The average Bonchev–Trinajstić information content (AvgIpc) is 3.06. The van der Waals surface area contributed by atoms with E-state index in [1.54, 1.807) is 13.8 Å². The molecule has 1 aliphatic rings. The second-order valence-corrected chi connectivity index (χ2v) is 6.91. The summed E-state index contributed by atoms with van der Waals surface area (Å²) in [4.78, 5) is 24.4. The Balaban J connectivity index is 2.51. The number of hydrogen-bond donors (Lipinski definition) is 2. The van der Waals surface area contributed by atoms with Crippen molar-refractivity contribution in [2.45, 2.75) is 19.8 Å². The van der Waals surface area contributed by atoms with Gasteiger partial charge in [0.2, 0.25) is 5.91 Å². The molecule has 24 heavy (non-hydrogen) atoms. The van der Waals surface area contributed by atoms with Crippen LogP contribution in [0.2, 0.25) is 0 Å². The van der Waals surface area contributed by atoms with Crippen LogP contribution in [-0.2, 0) is 14.3 Å². The van der Waals surface area contributed by atoms with Crippen LogP contribution >= 0.6 is 23.1 Å². The normalized spacial score (nSPS) is 17.3. The first-order valence-electron chi connectivity index (χ1n) is 7.23. The standard InChI is InChI=1S/C16H17N3O3S2/c1-3-22-16(21)13-9(2)19-15(24-8-12(18)20)10(7-17)14(13)11-5-4-6-23-11/h4-6,14,19H,3,8H2,1-2H3,(H2,18,20)/t14-/m0/s1. The molecule has 2 heterocycles. The van der Waals surface area contributed by atoms with E-state index in [4.69, 9.17) is 10.5 Å². The number of thiophene rings is 1. The summed E-state index contributed by atoms with van der Waals surface area (Å²) in [5.74, 6) is -1.39. The summed E-state index contributed by atoms with van der Waals surface area (Å²) in [6.07, 6.45) is 0. The Labute approximate surface area is 148 Å². The number of primary amides is 1. The molecule has 6 nitrogen and oxygen atoms in total. The Morgan fingerprint density at radius 3 is 2.83 bits per heavy atom. The fraction of sp³-hybridized carbons (Fsp3) is 0.312. The van der Waals surface area contributed by atoms with Gasteiger partial charge < -0.3 is 15.8 Å². The van der Waals surface area contributed by atoms with E-state index in [1.807, 2.05) is 17.5 Å². The van der Waals surface area contributed by atoms with Gasteiger partial charge in [-0.15, -0.1) is 11.3 Å². The third-order valence-electron chi connectivity index (χ3n) is 3.33. The van der Waals surface area contributed by atoms with Crippen LogP contribution in [-0.4, -0.2) is 24.2 Å². The molecule has 0 saturated carbocycles. The SMILES string of the molecule is CCOC(=O)C1=C(C)NC(SCC(N)=O)=C(C#N)[C@H]1c1cccs1. The molecule has 0 radical (unpaired) electrons. The minimum atomic E-state index is -0.509. The van der Waals surface area contributed by atoms with Gasteiger partial charge in [-0.3, -0.25) is 4.79 Å². The molecule has 1 aromatic rings. The van der Waals surface area contributed by atoms with Gasteiger partial charge in [-0.05, 0) is 25.3 Å². The zero-order valence-corrected chi connectivity index (χ0v) is 14.9. The molecule has 0 fully saturated rings. The molecule has 3 N–H and O–H groups in total. The van der Waals surface area contributed by atoms with E-state index in [0.717, 1.165) is 16.6 Å². The summed E-state index contributed by atoms with van der Waals surface area (Å²) in [6, 6.07) is 5.91. The largest absolute Gasteiger partial charge is 0.463 e. The van der Waals surface area contributed by atoms with Crippen molar-refractivity contribution >= 4 is 35.0 Å². The minimum Gasteiger partial charge on any atom is -0.463 e. The zero-order valence-electron chi connectivity index (χ0n) is 13.3. The molecule has 0 aliphatic carbocycles. The van der Waals surface area contributed by atoms with Crippen molar-refractivity contribution in [1.29, 1.82) is 5.26 Å². The third kappa shape index (κ3) is 3.80. The topological polar surface area (TPSA) is 105 Å². The van der Waals surface area contributed by atoms with Crippen molar-refractivity contribution in [3.8, 4) is 6.07 Å². The number of amides is 1. The Hall–Kier alpha value is -2.24. The quantitative estimate of drug-likeness (QED) is 0.751. The highest BCUT2D eigenvalue weighted by Gasteiger charge is 2.36. The number of nitrogens with two attached hydrogens (primary N) is 1. The van der Waals surface area contributed by atoms with Crippen LogP contribution in [0.3, 0.4) is 0 Å². The summed E-state index contributed by atoms with van der Waals surface area (Å²) >= 11 is 2.62. The van der Waals surface area contributed by atoms with Gasteiger partial charge in [-0.2, -0.15) is 5.26 Å². The smallest absolute Gasteiger partial charge is 0.336 e. The van der Waals surface area contributed by atoms with E-state index in [1.165, 1.54) is 11.3 Å². The molecule has 1 aromatic heterocycles. The molecule has 1 atom stereocenters. The predicted octanol–water partition coefficient (Wildman–Crippen LogP) is 2.23. The van der Waals surface area contributed by atoms with Gasteiger partial charge in [-0.25, -0.2) is 4.79 Å². The van der Waals surface area contributed by atoms with E-state index >= 15 is 0 Å². The Morgan fingerprint density at radius 1 is 1.54 bits per heavy atom. The number of ether oxygens (including phenoxy) is 1. The molecule has 1 amide bonds. The van der Waals surface area contributed by atoms with Gasteiger partial charge in [0.1, 0.15) is 0 Å². The molecule has 0 aromatic carbocycles. The number of carbonyl (C=O) groups is 2. The lowest BCUT2D eigenvalue weighted by molar-refractivity contribution is -0.138. The molecule has 126 valence electrons. The molecule has 0 bridgehead atoms. The number of rotatable bonds is 6. The highest BCUT2D eigenvalue weighted by Crippen LogP contribution is 2.42. The van der Waals surface area contributed by atoms with Crippen molar-refractivity contribution < 1.29 is 14.3 Å². The van der Waals surface area contributed by atoms with Gasteiger partial charge in [0, 0.05) is 10.6 Å². The zero-order chi connectivity index (χ0) is 17.7. The second-order valence-electron chi connectivity index (χ2n) is 4.94. The molecule has 8 heteroatoms. The Bertz CT molecular complexity index is 745. The number of carbonyl (C=O) groups excluding carboxylic acids is 2. The van der Waals surface area contributed by atoms with Gasteiger partial charge in [-0.1, -0.05) is 17.8 Å².